The summed E-state index contributed by atoms with van der Waals surface area (Å²) >= 11 is 0. The van der Waals surface area contributed by atoms with Crippen molar-refractivity contribution in [2.24, 2.45) is 12.8 Å². The lowest BCUT2D eigenvalue weighted by atomic mass is 10.1. The van der Waals surface area contributed by atoms with Gasteiger partial charge in [-0.2, -0.15) is 5.10 Å². The van der Waals surface area contributed by atoms with Gasteiger partial charge in [-0.05, 0) is 12.5 Å². The molecule has 0 saturated heterocycles. The van der Waals surface area contributed by atoms with Crippen molar-refractivity contribution in [1.29, 1.82) is 0 Å². The molecule has 0 aliphatic heterocycles. The van der Waals surface area contributed by atoms with Crippen LogP contribution in [0.5, 0.6) is 0 Å². The lowest BCUT2D eigenvalue weighted by molar-refractivity contribution is -0.122. The highest BCUT2D eigenvalue weighted by molar-refractivity contribution is 5.81. The van der Waals surface area contributed by atoms with Gasteiger partial charge in [0.2, 0.25) is 5.91 Å². The second-order valence-corrected chi connectivity index (χ2v) is 3.88. The average Bonchev–Trinajstić information content (AvgIpc) is 2.65. The number of nitrogens with two attached hydrogens (primary N) is 1. The second-order valence-electron chi connectivity index (χ2n) is 3.88. The molecule has 1 aromatic heterocycles. The molecule has 3 N–H and O–H groups in total. The molecule has 0 bridgehead atoms. The van der Waals surface area contributed by atoms with E-state index in [2.05, 4.69) is 10.4 Å². The zero-order chi connectivity index (χ0) is 12.0. The molecule has 5 nitrogen and oxygen atoms in total. The minimum absolute atomic E-state index is 0.0657. The van der Waals surface area contributed by atoms with Crippen molar-refractivity contribution in [1.82, 2.24) is 15.1 Å². The maximum atomic E-state index is 11.5. The summed E-state index contributed by atoms with van der Waals surface area (Å²) in [6, 6.07) is 1.56. The molecule has 1 atom stereocenters. The molecule has 0 spiro atoms. The number of nitrogens with one attached hydrogen (secondary N) is 1. The Morgan fingerprint density at radius 1 is 1.69 bits per heavy atom. The zero-order valence-corrected chi connectivity index (χ0v) is 9.94. The summed E-state index contributed by atoms with van der Waals surface area (Å²) in [6.07, 6.45) is 4.19. The van der Waals surface area contributed by atoms with E-state index in [1.807, 2.05) is 20.0 Å². The van der Waals surface area contributed by atoms with Crippen LogP contribution in [0.3, 0.4) is 0 Å². The third-order valence-corrected chi connectivity index (χ3v) is 2.54. The Morgan fingerprint density at radius 3 is 3.00 bits per heavy atom. The van der Waals surface area contributed by atoms with Crippen LogP contribution in [0, 0.1) is 0 Å². The van der Waals surface area contributed by atoms with Gasteiger partial charge in [-0.25, -0.2) is 0 Å². The smallest absolute Gasteiger partial charge is 0.236 e. The molecule has 0 fully saturated rings. The van der Waals surface area contributed by atoms with E-state index >= 15 is 0 Å². The van der Waals surface area contributed by atoms with Crippen LogP contribution in [0.2, 0.25) is 0 Å². The van der Waals surface area contributed by atoms with Gasteiger partial charge in [0.1, 0.15) is 0 Å². The van der Waals surface area contributed by atoms with Crippen molar-refractivity contribution in [2.75, 3.05) is 6.54 Å². The Morgan fingerprint density at radius 2 is 2.44 bits per heavy atom. The minimum atomic E-state index is -0.378. The quantitative estimate of drug-likeness (QED) is 0.725. The fourth-order valence-corrected chi connectivity index (χ4v) is 1.53. The second kappa shape index (κ2) is 6.27. The molecule has 16 heavy (non-hydrogen) atoms. The molecule has 1 aromatic rings. The van der Waals surface area contributed by atoms with Crippen LogP contribution in [0.1, 0.15) is 25.5 Å². The standard InChI is InChI=1S/C11H20N4O/c1-3-4-10(12)11(16)13-7-5-9-6-8-14-15(9)2/h6,8,10H,3-5,7,12H2,1-2H3,(H,13,16)/t10-/m1/s1. The van der Waals surface area contributed by atoms with Crippen molar-refractivity contribution in [3.05, 3.63) is 18.0 Å². The summed E-state index contributed by atoms with van der Waals surface area (Å²) in [6.45, 7) is 2.62. The van der Waals surface area contributed by atoms with E-state index in [9.17, 15) is 4.79 Å². The molecule has 1 rings (SSSR count). The van der Waals surface area contributed by atoms with Crippen LogP contribution >= 0.6 is 0 Å². The number of rotatable bonds is 6. The summed E-state index contributed by atoms with van der Waals surface area (Å²) in [7, 11) is 1.89. The summed E-state index contributed by atoms with van der Waals surface area (Å²) in [4.78, 5) is 11.5. The molecule has 1 heterocycles. The monoisotopic (exact) mass is 224 g/mol. The summed E-state index contributed by atoms with van der Waals surface area (Å²) in [5, 5.41) is 6.89. The van der Waals surface area contributed by atoms with E-state index in [4.69, 9.17) is 5.73 Å². The van der Waals surface area contributed by atoms with E-state index in [0.717, 1.165) is 25.0 Å². The van der Waals surface area contributed by atoms with Crippen molar-refractivity contribution in [2.45, 2.75) is 32.2 Å². The topological polar surface area (TPSA) is 72.9 Å². The molecule has 5 heteroatoms. The molecule has 0 radical (unpaired) electrons. The lowest BCUT2D eigenvalue weighted by Crippen LogP contribution is -2.41. The van der Waals surface area contributed by atoms with Gasteiger partial charge in [-0.3, -0.25) is 9.48 Å². The third kappa shape index (κ3) is 3.66. The van der Waals surface area contributed by atoms with E-state index in [-0.39, 0.29) is 11.9 Å². The SMILES string of the molecule is CCC[C@@H](N)C(=O)NCCc1ccnn1C. The largest absolute Gasteiger partial charge is 0.354 e. The van der Waals surface area contributed by atoms with Crippen molar-refractivity contribution in [3.8, 4) is 0 Å². The first-order chi connectivity index (χ1) is 7.65. The normalized spacial score (nSPS) is 12.4. The highest BCUT2D eigenvalue weighted by Crippen LogP contribution is 1.97. The molecular weight excluding hydrogens is 204 g/mol. The Hall–Kier alpha value is -1.36. The summed E-state index contributed by atoms with van der Waals surface area (Å²) in [5.41, 5.74) is 6.79. The van der Waals surface area contributed by atoms with E-state index in [1.54, 1.807) is 10.9 Å². The number of carbonyl (C=O) groups is 1. The van der Waals surface area contributed by atoms with E-state index < -0.39 is 0 Å². The fourth-order valence-electron chi connectivity index (χ4n) is 1.53. The molecule has 90 valence electrons. The molecule has 0 aliphatic carbocycles. The van der Waals surface area contributed by atoms with Gasteiger partial charge in [-0.1, -0.05) is 13.3 Å². The van der Waals surface area contributed by atoms with E-state index in [1.165, 1.54) is 0 Å². The Labute approximate surface area is 96.0 Å². The van der Waals surface area contributed by atoms with Crippen LogP contribution in [0.25, 0.3) is 0 Å². The van der Waals surface area contributed by atoms with Crippen LogP contribution in [-0.2, 0) is 18.3 Å². The zero-order valence-electron chi connectivity index (χ0n) is 9.94. The van der Waals surface area contributed by atoms with Crippen LogP contribution in [0.15, 0.2) is 12.3 Å². The van der Waals surface area contributed by atoms with Gasteiger partial charge in [0.15, 0.2) is 0 Å². The Bertz CT molecular complexity index is 334. The van der Waals surface area contributed by atoms with Gasteiger partial charge in [0.25, 0.3) is 0 Å². The number of hydrogen-bond donors (Lipinski definition) is 2. The molecule has 0 unspecified atom stereocenters. The van der Waals surface area contributed by atoms with Crippen LogP contribution < -0.4 is 11.1 Å². The minimum Gasteiger partial charge on any atom is -0.354 e. The Balaban J connectivity index is 2.25. The highest BCUT2D eigenvalue weighted by atomic mass is 16.2. The number of aromatic nitrogens is 2. The summed E-state index contributed by atoms with van der Waals surface area (Å²) in [5.74, 6) is -0.0657. The average molecular weight is 224 g/mol. The first-order valence-corrected chi connectivity index (χ1v) is 5.65. The molecule has 0 aliphatic rings. The predicted octanol–water partition coefficient (Wildman–Crippen LogP) is 0.206. The van der Waals surface area contributed by atoms with Crippen molar-refractivity contribution >= 4 is 5.91 Å². The number of aryl methyl sites for hydroxylation is 1. The van der Waals surface area contributed by atoms with Crippen molar-refractivity contribution in [3.63, 3.8) is 0 Å². The van der Waals surface area contributed by atoms with Gasteiger partial charge < -0.3 is 11.1 Å². The third-order valence-electron chi connectivity index (χ3n) is 2.54. The number of carbonyl (C=O) groups excluding carboxylic acids is 1. The number of hydrogen-bond acceptors (Lipinski definition) is 3. The van der Waals surface area contributed by atoms with Gasteiger partial charge in [0.05, 0.1) is 6.04 Å². The number of nitrogens with zero attached hydrogens (tertiary/aromatic N) is 2. The maximum absolute atomic E-state index is 11.5. The molecule has 0 aromatic carbocycles. The van der Waals surface area contributed by atoms with Crippen LogP contribution in [0.4, 0.5) is 0 Å². The number of amides is 1. The Kier molecular flexibility index (Phi) is 4.98. The lowest BCUT2D eigenvalue weighted by Gasteiger charge is -2.10. The first kappa shape index (κ1) is 12.7. The van der Waals surface area contributed by atoms with Gasteiger partial charge in [-0.15, -0.1) is 0 Å². The van der Waals surface area contributed by atoms with Crippen molar-refractivity contribution < 1.29 is 4.79 Å². The fraction of sp³-hybridized carbons (Fsp3) is 0.636. The first-order valence-electron chi connectivity index (χ1n) is 5.65. The maximum Gasteiger partial charge on any atom is 0.236 e. The molecule has 1 amide bonds. The predicted molar refractivity (Wildman–Crippen MR) is 62.8 cm³/mol. The van der Waals surface area contributed by atoms with Gasteiger partial charge >= 0.3 is 0 Å². The highest BCUT2D eigenvalue weighted by Gasteiger charge is 2.11. The van der Waals surface area contributed by atoms with Gasteiger partial charge in [0, 0.05) is 31.9 Å². The molecular formula is C11H20N4O. The van der Waals surface area contributed by atoms with Crippen LogP contribution in [-0.4, -0.2) is 28.3 Å². The van der Waals surface area contributed by atoms with E-state index in [0.29, 0.717) is 6.54 Å². The molecule has 0 saturated carbocycles. The summed E-state index contributed by atoms with van der Waals surface area (Å²) < 4.78 is 1.80.